The zero-order chi connectivity index (χ0) is 10.3. The Labute approximate surface area is 80.7 Å². The maximum absolute atomic E-state index is 12.9. The summed E-state index contributed by atoms with van der Waals surface area (Å²) in [4.78, 5) is 11.5. The maximum atomic E-state index is 12.9. The number of ketones is 1. The Morgan fingerprint density at radius 3 is 2.57 bits per heavy atom. The fourth-order valence-electron chi connectivity index (χ4n) is 1.89. The van der Waals surface area contributed by atoms with Gasteiger partial charge in [-0.25, -0.2) is 8.78 Å². The molecule has 0 bridgehead atoms. The first-order valence-electron chi connectivity index (χ1n) is 4.59. The predicted molar refractivity (Wildman–Crippen MR) is 48.2 cm³/mol. The van der Waals surface area contributed by atoms with E-state index < -0.39 is 11.6 Å². The normalized spacial score (nSPS) is 20.8. The molecule has 1 nitrogen and oxygen atoms in total. The Morgan fingerprint density at radius 2 is 1.86 bits per heavy atom. The van der Waals surface area contributed by atoms with Crippen molar-refractivity contribution >= 4 is 5.78 Å². The van der Waals surface area contributed by atoms with Gasteiger partial charge in [-0.05, 0) is 30.0 Å². The van der Waals surface area contributed by atoms with Crippen molar-refractivity contribution in [2.45, 2.75) is 19.8 Å². The molecule has 0 radical (unpaired) electrons. The van der Waals surface area contributed by atoms with E-state index in [0.717, 1.165) is 12.1 Å². The summed E-state index contributed by atoms with van der Waals surface area (Å²) in [6, 6.07) is 2.15. The van der Waals surface area contributed by atoms with Gasteiger partial charge in [0.1, 0.15) is 0 Å². The van der Waals surface area contributed by atoms with Gasteiger partial charge in [0.2, 0.25) is 0 Å². The van der Waals surface area contributed by atoms with Gasteiger partial charge in [0, 0.05) is 12.0 Å². The van der Waals surface area contributed by atoms with Gasteiger partial charge >= 0.3 is 0 Å². The van der Waals surface area contributed by atoms with E-state index in [1.807, 2.05) is 6.92 Å². The topological polar surface area (TPSA) is 17.1 Å². The molecule has 0 fully saturated rings. The van der Waals surface area contributed by atoms with E-state index in [-0.39, 0.29) is 11.7 Å². The van der Waals surface area contributed by atoms with Crippen LogP contribution in [0, 0.1) is 17.6 Å². The van der Waals surface area contributed by atoms with Crippen LogP contribution in [0.25, 0.3) is 0 Å². The zero-order valence-corrected chi connectivity index (χ0v) is 7.81. The van der Waals surface area contributed by atoms with Gasteiger partial charge in [-0.1, -0.05) is 6.92 Å². The summed E-state index contributed by atoms with van der Waals surface area (Å²) in [5.41, 5.74) is 0.981. The average molecular weight is 196 g/mol. The molecule has 0 amide bonds. The number of rotatable bonds is 0. The monoisotopic (exact) mass is 196 g/mol. The van der Waals surface area contributed by atoms with Crippen LogP contribution < -0.4 is 0 Å². The molecule has 14 heavy (non-hydrogen) atoms. The Bertz CT molecular complexity index is 399. The third kappa shape index (κ3) is 1.43. The molecule has 1 aliphatic carbocycles. The molecule has 0 heterocycles. The fourth-order valence-corrected chi connectivity index (χ4v) is 1.89. The lowest BCUT2D eigenvalue weighted by molar-refractivity contribution is 0.0952. The summed E-state index contributed by atoms with van der Waals surface area (Å²) >= 11 is 0. The van der Waals surface area contributed by atoms with Crippen LogP contribution in [0.4, 0.5) is 8.78 Å². The standard InChI is InChI=1S/C11H10F2O/c1-6-2-7-4-9(12)10(13)5-8(7)11(14)3-6/h4-6H,2-3H2,1H3. The first kappa shape index (κ1) is 9.31. The van der Waals surface area contributed by atoms with E-state index in [2.05, 4.69) is 0 Å². The molecule has 1 aromatic rings. The van der Waals surface area contributed by atoms with Gasteiger partial charge in [0.15, 0.2) is 17.4 Å². The Hall–Kier alpha value is -1.25. The van der Waals surface area contributed by atoms with Crippen LogP contribution in [0.2, 0.25) is 0 Å². The second-order valence-corrected chi connectivity index (χ2v) is 3.86. The lowest BCUT2D eigenvalue weighted by Crippen LogP contribution is -2.18. The van der Waals surface area contributed by atoms with Crippen molar-refractivity contribution in [2.75, 3.05) is 0 Å². The molecule has 1 aromatic carbocycles. The Morgan fingerprint density at radius 1 is 1.21 bits per heavy atom. The minimum Gasteiger partial charge on any atom is -0.294 e. The molecule has 0 aromatic heterocycles. The molecular weight excluding hydrogens is 186 g/mol. The summed E-state index contributed by atoms with van der Waals surface area (Å²) < 4.78 is 25.7. The summed E-state index contributed by atoms with van der Waals surface area (Å²) in [6.07, 6.45) is 1.08. The number of fused-ring (bicyclic) bond motifs is 1. The molecule has 1 unspecified atom stereocenters. The predicted octanol–water partition coefficient (Wildman–Crippen LogP) is 2.73. The molecule has 0 N–H and O–H groups in total. The molecule has 0 aliphatic heterocycles. The van der Waals surface area contributed by atoms with Crippen molar-refractivity contribution in [3.63, 3.8) is 0 Å². The highest BCUT2D eigenvalue weighted by molar-refractivity contribution is 5.98. The minimum atomic E-state index is -0.938. The van der Waals surface area contributed by atoms with Crippen molar-refractivity contribution in [2.24, 2.45) is 5.92 Å². The van der Waals surface area contributed by atoms with E-state index in [9.17, 15) is 13.6 Å². The van der Waals surface area contributed by atoms with Crippen molar-refractivity contribution in [1.82, 2.24) is 0 Å². The average Bonchev–Trinajstić information content (AvgIpc) is 2.08. The number of carbonyl (C=O) groups is 1. The quantitative estimate of drug-likeness (QED) is 0.623. The fraction of sp³-hybridized carbons (Fsp3) is 0.364. The number of hydrogen-bond donors (Lipinski definition) is 0. The molecule has 2 rings (SSSR count). The smallest absolute Gasteiger partial charge is 0.163 e. The van der Waals surface area contributed by atoms with E-state index in [4.69, 9.17) is 0 Å². The van der Waals surface area contributed by atoms with Crippen LogP contribution in [0.1, 0.15) is 29.3 Å². The summed E-state index contributed by atoms with van der Waals surface area (Å²) in [7, 11) is 0. The molecule has 0 saturated heterocycles. The highest BCUT2D eigenvalue weighted by atomic mass is 19.2. The van der Waals surface area contributed by atoms with E-state index in [0.29, 0.717) is 24.0 Å². The number of carbonyl (C=O) groups excluding carboxylic acids is 1. The van der Waals surface area contributed by atoms with Gasteiger partial charge in [-0.15, -0.1) is 0 Å². The van der Waals surface area contributed by atoms with Gasteiger partial charge in [-0.2, -0.15) is 0 Å². The molecule has 0 saturated carbocycles. The van der Waals surface area contributed by atoms with Crippen molar-refractivity contribution in [3.05, 3.63) is 34.9 Å². The Kier molecular flexibility index (Phi) is 2.10. The second kappa shape index (κ2) is 3.15. The van der Waals surface area contributed by atoms with Crippen molar-refractivity contribution < 1.29 is 13.6 Å². The van der Waals surface area contributed by atoms with E-state index in [1.165, 1.54) is 0 Å². The van der Waals surface area contributed by atoms with E-state index >= 15 is 0 Å². The molecule has 1 aliphatic rings. The second-order valence-electron chi connectivity index (χ2n) is 3.86. The minimum absolute atomic E-state index is 0.0855. The number of hydrogen-bond acceptors (Lipinski definition) is 1. The third-order valence-electron chi connectivity index (χ3n) is 2.55. The summed E-state index contributed by atoms with van der Waals surface area (Å²) in [5.74, 6) is -1.67. The summed E-state index contributed by atoms with van der Waals surface area (Å²) in [5, 5.41) is 0. The first-order chi connectivity index (χ1) is 6.58. The highest BCUT2D eigenvalue weighted by Gasteiger charge is 2.23. The number of Topliss-reactive ketones (excluding diaryl/α,β-unsaturated/α-hetero) is 1. The van der Waals surface area contributed by atoms with Gasteiger partial charge in [0.05, 0.1) is 0 Å². The van der Waals surface area contributed by atoms with Gasteiger partial charge in [-0.3, -0.25) is 4.79 Å². The van der Waals surface area contributed by atoms with Crippen LogP contribution in [-0.4, -0.2) is 5.78 Å². The van der Waals surface area contributed by atoms with Crippen LogP contribution >= 0.6 is 0 Å². The summed E-state index contributed by atoms with van der Waals surface area (Å²) in [6.45, 7) is 1.93. The molecule has 3 heteroatoms. The third-order valence-corrected chi connectivity index (χ3v) is 2.55. The van der Waals surface area contributed by atoms with Crippen molar-refractivity contribution in [1.29, 1.82) is 0 Å². The first-order valence-corrected chi connectivity index (χ1v) is 4.59. The van der Waals surface area contributed by atoms with Crippen LogP contribution in [0.15, 0.2) is 12.1 Å². The SMILES string of the molecule is CC1CC(=O)c2cc(F)c(F)cc2C1. The largest absolute Gasteiger partial charge is 0.294 e. The van der Waals surface area contributed by atoms with Gasteiger partial charge in [0.25, 0.3) is 0 Å². The Balaban J connectivity index is 2.55. The lowest BCUT2D eigenvalue weighted by Gasteiger charge is -2.20. The highest BCUT2D eigenvalue weighted by Crippen LogP contribution is 2.26. The molecule has 74 valence electrons. The number of benzene rings is 1. The molecule has 0 spiro atoms. The zero-order valence-electron chi connectivity index (χ0n) is 7.81. The lowest BCUT2D eigenvalue weighted by atomic mass is 9.84. The van der Waals surface area contributed by atoms with Crippen LogP contribution in [0.3, 0.4) is 0 Å². The number of halogens is 2. The maximum Gasteiger partial charge on any atom is 0.163 e. The van der Waals surface area contributed by atoms with Crippen LogP contribution in [0.5, 0.6) is 0 Å². The van der Waals surface area contributed by atoms with Crippen LogP contribution in [-0.2, 0) is 6.42 Å². The van der Waals surface area contributed by atoms with Gasteiger partial charge < -0.3 is 0 Å². The van der Waals surface area contributed by atoms with Crippen molar-refractivity contribution in [3.8, 4) is 0 Å². The van der Waals surface area contributed by atoms with E-state index in [1.54, 1.807) is 0 Å². The molecule has 1 atom stereocenters. The molecular formula is C11H10F2O.